The Hall–Kier alpha value is -2.30. The lowest BCUT2D eigenvalue weighted by Crippen LogP contribution is -2.19. The van der Waals surface area contributed by atoms with E-state index in [1.165, 1.54) is 4.68 Å². The maximum absolute atomic E-state index is 11.8. The maximum atomic E-state index is 11.8. The fourth-order valence-corrected chi connectivity index (χ4v) is 1.86. The third-order valence-electron chi connectivity index (χ3n) is 2.47. The van der Waals surface area contributed by atoms with Crippen LogP contribution in [0.4, 0.5) is 11.5 Å². The molecule has 0 spiro atoms. The van der Waals surface area contributed by atoms with Crippen LogP contribution in [0, 0.1) is 13.8 Å². The highest BCUT2D eigenvalue weighted by Crippen LogP contribution is 2.13. The fourth-order valence-electron chi connectivity index (χ4n) is 1.86. The number of carbonyl (C=O) groups is 1. The molecule has 0 atom stereocenters. The SMILES string of the molecule is Cc1cc(C)cc(NC(=O)Cn2ccc(N)n2)c1. The Morgan fingerprint density at radius 2 is 2.00 bits per heavy atom. The maximum Gasteiger partial charge on any atom is 0.246 e. The Balaban J connectivity index is 2.02. The Morgan fingerprint density at radius 1 is 1.33 bits per heavy atom. The van der Waals surface area contributed by atoms with Gasteiger partial charge in [-0.1, -0.05) is 6.07 Å². The monoisotopic (exact) mass is 244 g/mol. The first kappa shape index (κ1) is 12.2. The minimum atomic E-state index is -0.122. The topological polar surface area (TPSA) is 72.9 Å². The lowest BCUT2D eigenvalue weighted by Gasteiger charge is -2.07. The van der Waals surface area contributed by atoms with Crippen LogP contribution in [0.1, 0.15) is 11.1 Å². The molecule has 1 aromatic heterocycles. The number of amides is 1. The summed E-state index contributed by atoms with van der Waals surface area (Å²) in [5, 5.41) is 6.80. The first-order valence-corrected chi connectivity index (χ1v) is 5.70. The summed E-state index contributed by atoms with van der Waals surface area (Å²) in [6.45, 7) is 4.15. The van der Waals surface area contributed by atoms with E-state index in [4.69, 9.17) is 5.73 Å². The first-order valence-electron chi connectivity index (χ1n) is 5.70. The van der Waals surface area contributed by atoms with Gasteiger partial charge in [0, 0.05) is 11.9 Å². The molecule has 1 heterocycles. The van der Waals surface area contributed by atoms with Crippen molar-refractivity contribution in [3.63, 3.8) is 0 Å². The zero-order valence-corrected chi connectivity index (χ0v) is 10.5. The molecule has 5 heteroatoms. The van der Waals surface area contributed by atoms with Gasteiger partial charge in [-0.3, -0.25) is 9.48 Å². The van der Waals surface area contributed by atoms with Crippen LogP contribution in [0.15, 0.2) is 30.5 Å². The number of rotatable bonds is 3. The molecule has 3 N–H and O–H groups in total. The molecule has 18 heavy (non-hydrogen) atoms. The van der Waals surface area contributed by atoms with E-state index in [0.717, 1.165) is 16.8 Å². The van der Waals surface area contributed by atoms with Crippen LogP contribution < -0.4 is 11.1 Å². The summed E-state index contributed by atoms with van der Waals surface area (Å²) in [4.78, 5) is 11.8. The third-order valence-corrected chi connectivity index (χ3v) is 2.47. The van der Waals surface area contributed by atoms with Crippen molar-refractivity contribution in [3.8, 4) is 0 Å². The summed E-state index contributed by atoms with van der Waals surface area (Å²) >= 11 is 0. The molecule has 0 aliphatic rings. The zero-order chi connectivity index (χ0) is 13.1. The van der Waals surface area contributed by atoms with Crippen LogP contribution in [0.5, 0.6) is 0 Å². The molecule has 2 aromatic rings. The van der Waals surface area contributed by atoms with Crippen molar-refractivity contribution in [2.75, 3.05) is 11.1 Å². The molecule has 0 unspecified atom stereocenters. The number of hydrogen-bond acceptors (Lipinski definition) is 3. The highest BCUT2D eigenvalue weighted by atomic mass is 16.2. The number of carbonyl (C=O) groups excluding carboxylic acids is 1. The molecule has 0 aliphatic heterocycles. The van der Waals surface area contributed by atoms with Gasteiger partial charge in [0.2, 0.25) is 5.91 Å². The molecule has 0 saturated carbocycles. The highest BCUT2D eigenvalue weighted by Gasteiger charge is 2.05. The van der Waals surface area contributed by atoms with Crippen LogP contribution >= 0.6 is 0 Å². The van der Waals surface area contributed by atoms with Crippen molar-refractivity contribution in [1.29, 1.82) is 0 Å². The second kappa shape index (κ2) is 4.91. The number of anilines is 2. The van der Waals surface area contributed by atoms with Crippen molar-refractivity contribution >= 4 is 17.4 Å². The van der Waals surface area contributed by atoms with Gasteiger partial charge in [-0.25, -0.2) is 0 Å². The van der Waals surface area contributed by atoms with Crippen LogP contribution in [0.2, 0.25) is 0 Å². The first-order chi connectivity index (χ1) is 8.52. The lowest BCUT2D eigenvalue weighted by molar-refractivity contribution is -0.116. The lowest BCUT2D eigenvalue weighted by atomic mass is 10.1. The molecular weight excluding hydrogens is 228 g/mol. The van der Waals surface area contributed by atoms with E-state index >= 15 is 0 Å². The van der Waals surface area contributed by atoms with Crippen LogP contribution in [-0.2, 0) is 11.3 Å². The summed E-state index contributed by atoms with van der Waals surface area (Å²) in [6.07, 6.45) is 1.68. The van der Waals surface area contributed by atoms with E-state index in [9.17, 15) is 4.79 Å². The molecule has 0 saturated heterocycles. The smallest absolute Gasteiger partial charge is 0.246 e. The number of nitrogen functional groups attached to an aromatic ring is 1. The van der Waals surface area contributed by atoms with Crippen molar-refractivity contribution < 1.29 is 4.79 Å². The predicted octanol–water partition coefficient (Wildman–Crippen LogP) is 1.72. The summed E-state index contributed by atoms with van der Waals surface area (Å²) in [7, 11) is 0. The van der Waals surface area contributed by atoms with Gasteiger partial charge in [0.1, 0.15) is 12.4 Å². The average Bonchev–Trinajstić information content (AvgIpc) is 2.61. The van der Waals surface area contributed by atoms with E-state index < -0.39 is 0 Å². The van der Waals surface area contributed by atoms with Gasteiger partial charge < -0.3 is 11.1 Å². The van der Waals surface area contributed by atoms with E-state index in [2.05, 4.69) is 16.5 Å². The highest BCUT2D eigenvalue weighted by molar-refractivity contribution is 5.90. The molecule has 1 aromatic carbocycles. The third kappa shape index (κ3) is 3.10. The van der Waals surface area contributed by atoms with Crippen LogP contribution in [0.3, 0.4) is 0 Å². The Morgan fingerprint density at radius 3 is 2.56 bits per heavy atom. The molecule has 5 nitrogen and oxygen atoms in total. The molecule has 0 bridgehead atoms. The van der Waals surface area contributed by atoms with Gasteiger partial charge in [0.05, 0.1) is 0 Å². The fraction of sp³-hybridized carbons (Fsp3) is 0.231. The number of hydrogen-bond donors (Lipinski definition) is 2. The normalized spacial score (nSPS) is 10.3. The second-order valence-corrected chi connectivity index (χ2v) is 4.36. The number of nitrogens with two attached hydrogens (primary N) is 1. The number of aromatic nitrogens is 2. The van der Waals surface area contributed by atoms with E-state index in [1.807, 2.05) is 26.0 Å². The minimum Gasteiger partial charge on any atom is -0.382 e. The Labute approximate surface area is 106 Å². The van der Waals surface area contributed by atoms with Crippen molar-refractivity contribution in [2.24, 2.45) is 0 Å². The van der Waals surface area contributed by atoms with Gasteiger partial charge in [0.25, 0.3) is 0 Å². The largest absolute Gasteiger partial charge is 0.382 e. The number of aryl methyl sites for hydroxylation is 2. The minimum absolute atomic E-state index is 0.122. The molecular formula is C13H16N4O. The van der Waals surface area contributed by atoms with Gasteiger partial charge in [0.15, 0.2) is 0 Å². The van der Waals surface area contributed by atoms with E-state index in [0.29, 0.717) is 5.82 Å². The van der Waals surface area contributed by atoms with Crippen LogP contribution in [-0.4, -0.2) is 15.7 Å². The summed E-state index contributed by atoms with van der Waals surface area (Å²) < 4.78 is 1.51. The summed E-state index contributed by atoms with van der Waals surface area (Å²) in [5.74, 6) is 0.289. The summed E-state index contributed by atoms with van der Waals surface area (Å²) in [5.41, 5.74) is 8.52. The van der Waals surface area contributed by atoms with Crippen LogP contribution in [0.25, 0.3) is 0 Å². The van der Waals surface area contributed by atoms with Crippen molar-refractivity contribution in [3.05, 3.63) is 41.6 Å². The molecule has 0 radical (unpaired) electrons. The van der Waals surface area contributed by atoms with Gasteiger partial charge in [-0.2, -0.15) is 5.10 Å². The molecule has 0 fully saturated rings. The number of benzene rings is 1. The number of nitrogens with one attached hydrogen (secondary N) is 1. The van der Waals surface area contributed by atoms with E-state index in [-0.39, 0.29) is 12.5 Å². The standard InChI is InChI=1S/C13H16N4O/c1-9-5-10(2)7-11(6-9)15-13(18)8-17-4-3-12(14)16-17/h3-7H,8H2,1-2H3,(H2,14,16)(H,15,18). The summed E-state index contributed by atoms with van der Waals surface area (Å²) in [6, 6.07) is 7.58. The number of nitrogens with zero attached hydrogens (tertiary/aromatic N) is 2. The molecule has 0 aliphatic carbocycles. The average molecular weight is 244 g/mol. The Kier molecular flexibility index (Phi) is 3.32. The molecule has 1 amide bonds. The predicted molar refractivity (Wildman–Crippen MR) is 71.2 cm³/mol. The van der Waals surface area contributed by atoms with E-state index in [1.54, 1.807) is 12.3 Å². The Bertz CT molecular complexity index is 554. The zero-order valence-electron chi connectivity index (χ0n) is 10.5. The van der Waals surface area contributed by atoms with Gasteiger partial charge in [-0.05, 0) is 43.2 Å². The van der Waals surface area contributed by atoms with Gasteiger partial charge in [-0.15, -0.1) is 0 Å². The van der Waals surface area contributed by atoms with Crippen molar-refractivity contribution in [2.45, 2.75) is 20.4 Å². The quantitative estimate of drug-likeness (QED) is 0.863. The molecule has 94 valence electrons. The second-order valence-electron chi connectivity index (χ2n) is 4.36. The van der Waals surface area contributed by atoms with Gasteiger partial charge >= 0.3 is 0 Å². The van der Waals surface area contributed by atoms with Crippen molar-refractivity contribution in [1.82, 2.24) is 9.78 Å². The molecule has 2 rings (SSSR count).